The fourth-order valence-electron chi connectivity index (χ4n) is 4.49. The van der Waals surface area contributed by atoms with Crippen molar-refractivity contribution in [2.75, 3.05) is 44.7 Å². The van der Waals surface area contributed by atoms with Crippen LogP contribution in [-0.2, 0) is 4.74 Å². The molecule has 6 rings (SSSR count). The predicted molar refractivity (Wildman–Crippen MR) is 130 cm³/mol. The maximum absolute atomic E-state index is 14.8. The minimum atomic E-state index is -0.511. The molecule has 3 aromatic heterocycles. The molecule has 0 spiro atoms. The Morgan fingerprint density at radius 3 is 2.76 bits per heavy atom. The summed E-state index contributed by atoms with van der Waals surface area (Å²) in [6, 6.07) is 8.31. The molecule has 0 bridgehead atoms. The van der Waals surface area contributed by atoms with Crippen molar-refractivity contribution in [1.29, 1.82) is 0 Å². The molecule has 11 nitrogen and oxygen atoms in total. The number of nitrogens with zero attached hydrogens (tertiary/aromatic N) is 6. The van der Waals surface area contributed by atoms with Crippen LogP contribution in [0.2, 0.25) is 0 Å². The molecule has 2 aliphatic heterocycles. The Hall–Kier alpha value is -4.32. The smallest absolute Gasteiger partial charge is 0.320 e. The maximum atomic E-state index is 14.8. The summed E-state index contributed by atoms with van der Waals surface area (Å²) in [5, 5.41) is 6.79. The number of benzene rings is 1. The molecule has 0 atom stereocenters. The van der Waals surface area contributed by atoms with E-state index in [1.807, 2.05) is 6.07 Å². The van der Waals surface area contributed by atoms with Crippen molar-refractivity contribution in [2.45, 2.75) is 12.8 Å². The molecule has 2 fully saturated rings. The average Bonchev–Trinajstić information content (AvgIpc) is 3.54. The van der Waals surface area contributed by atoms with Crippen molar-refractivity contribution < 1.29 is 23.2 Å². The lowest BCUT2D eigenvalue weighted by atomic mass is 10.0. The monoisotopic (exact) mass is 505 g/mol. The Morgan fingerprint density at radius 1 is 1.14 bits per heavy atom. The van der Waals surface area contributed by atoms with E-state index in [2.05, 4.69) is 20.4 Å². The number of imidazole rings is 1. The molecule has 0 unspecified atom stereocenters. The van der Waals surface area contributed by atoms with Gasteiger partial charge in [0, 0.05) is 49.2 Å². The van der Waals surface area contributed by atoms with Crippen molar-refractivity contribution in [1.82, 2.24) is 29.3 Å². The number of carbonyl (C=O) groups is 2. The van der Waals surface area contributed by atoms with Crippen LogP contribution in [0, 0.1) is 12.7 Å². The van der Waals surface area contributed by atoms with E-state index in [0.29, 0.717) is 67.9 Å². The van der Waals surface area contributed by atoms with Gasteiger partial charge in [0.2, 0.25) is 11.7 Å². The Bertz CT molecular complexity index is 1490. The first-order valence-corrected chi connectivity index (χ1v) is 12.0. The molecule has 5 heterocycles. The number of fused-ring (bicyclic) bond motifs is 1. The van der Waals surface area contributed by atoms with Crippen molar-refractivity contribution in [3.05, 3.63) is 65.7 Å². The van der Waals surface area contributed by atoms with Gasteiger partial charge in [0.25, 0.3) is 5.91 Å². The number of aromatic nitrogens is 4. The number of amides is 3. The first-order chi connectivity index (χ1) is 18.0. The summed E-state index contributed by atoms with van der Waals surface area (Å²) in [5.74, 6) is -0.429. The molecule has 190 valence electrons. The van der Waals surface area contributed by atoms with Gasteiger partial charge in [0.05, 0.1) is 25.3 Å². The zero-order chi connectivity index (χ0) is 25.5. The number of hydrogen-bond donors (Lipinski definition) is 1. The second-order valence-electron chi connectivity index (χ2n) is 9.10. The number of pyridine rings is 1. The van der Waals surface area contributed by atoms with Crippen LogP contribution in [0.15, 0.2) is 47.2 Å². The van der Waals surface area contributed by atoms with Crippen LogP contribution >= 0.6 is 0 Å². The highest BCUT2D eigenvalue weighted by atomic mass is 19.1. The Labute approximate surface area is 210 Å². The summed E-state index contributed by atoms with van der Waals surface area (Å²) in [6.45, 7) is 4.79. The summed E-state index contributed by atoms with van der Waals surface area (Å²) in [6.07, 6.45) is 3.20. The SMILES string of the molecule is Cc1c(F)cc(-c2noc(C3CN(C(=O)N4CCOCC4)C3)n2)cc1NC(=O)c1cnc2ccccn12. The second-order valence-corrected chi connectivity index (χ2v) is 9.10. The van der Waals surface area contributed by atoms with E-state index in [4.69, 9.17) is 9.26 Å². The predicted octanol–water partition coefficient (Wildman–Crippen LogP) is 2.94. The Kier molecular flexibility index (Phi) is 5.80. The number of likely N-dealkylation sites (tertiary alicyclic amines) is 1. The third kappa shape index (κ3) is 4.29. The summed E-state index contributed by atoms with van der Waals surface area (Å²) in [4.78, 5) is 37.7. The van der Waals surface area contributed by atoms with Gasteiger partial charge in [-0.15, -0.1) is 0 Å². The molecular formula is C25H24FN7O4. The number of rotatable bonds is 4. The third-order valence-corrected chi connectivity index (χ3v) is 6.73. The van der Waals surface area contributed by atoms with Crippen molar-refractivity contribution >= 4 is 23.3 Å². The fourth-order valence-corrected chi connectivity index (χ4v) is 4.49. The Morgan fingerprint density at radius 2 is 1.95 bits per heavy atom. The molecule has 1 N–H and O–H groups in total. The lowest BCUT2D eigenvalue weighted by Gasteiger charge is -2.41. The van der Waals surface area contributed by atoms with Crippen LogP contribution in [0.5, 0.6) is 0 Å². The van der Waals surface area contributed by atoms with Crippen LogP contribution in [0.1, 0.15) is 27.9 Å². The number of nitrogens with one attached hydrogen (secondary N) is 1. The standard InChI is InChI=1S/C25H24FN7O4/c1-15-18(26)10-16(11-19(15)28-23(34)20-12-27-21-4-2-3-5-33(20)21)22-29-24(37-30-22)17-13-32(14-17)25(35)31-6-8-36-9-7-31/h2-5,10-12,17H,6-9,13-14H2,1H3,(H,28,34). The zero-order valence-corrected chi connectivity index (χ0v) is 20.1. The normalized spacial score (nSPS) is 16.2. The van der Waals surface area contributed by atoms with E-state index in [-0.39, 0.29) is 23.3 Å². The fraction of sp³-hybridized carbons (Fsp3) is 0.320. The minimum Gasteiger partial charge on any atom is -0.378 e. The lowest BCUT2D eigenvalue weighted by molar-refractivity contribution is 0.0331. The number of urea groups is 1. The maximum Gasteiger partial charge on any atom is 0.320 e. The molecule has 4 aromatic rings. The van der Waals surface area contributed by atoms with Crippen LogP contribution in [0.25, 0.3) is 17.0 Å². The third-order valence-electron chi connectivity index (χ3n) is 6.73. The molecule has 2 aliphatic rings. The van der Waals surface area contributed by atoms with Crippen molar-refractivity contribution in [3.63, 3.8) is 0 Å². The van der Waals surface area contributed by atoms with Gasteiger partial charge >= 0.3 is 6.03 Å². The van der Waals surface area contributed by atoms with Gasteiger partial charge in [-0.3, -0.25) is 9.20 Å². The molecule has 1 aromatic carbocycles. The minimum absolute atomic E-state index is 0.0220. The van der Waals surface area contributed by atoms with Gasteiger partial charge < -0.3 is 24.4 Å². The molecular weight excluding hydrogens is 481 g/mol. The van der Waals surface area contributed by atoms with Crippen LogP contribution in [0.3, 0.4) is 0 Å². The second kappa shape index (κ2) is 9.28. The van der Waals surface area contributed by atoms with Gasteiger partial charge in [-0.25, -0.2) is 14.2 Å². The van der Waals surface area contributed by atoms with Crippen LogP contribution < -0.4 is 5.32 Å². The van der Waals surface area contributed by atoms with Crippen LogP contribution in [-0.4, -0.2) is 80.7 Å². The first kappa shape index (κ1) is 23.1. The molecule has 3 amide bonds. The molecule has 2 saturated heterocycles. The summed E-state index contributed by atoms with van der Waals surface area (Å²) >= 11 is 0. The van der Waals surface area contributed by atoms with Gasteiger partial charge in [0.15, 0.2) is 0 Å². The number of morpholine rings is 1. The molecule has 0 aliphatic carbocycles. The Balaban J connectivity index is 1.17. The van der Waals surface area contributed by atoms with Crippen molar-refractivity contribution in [2.24, 2.45) is 0 Å². The van der Waals surface area contributed by atoms with Crippen molar-refractivity contribution in [3.8, 4) is 11.4 Å². The molecule has 12 heteroatoms. The highest BCUT2D eigenvalue weighted by molar-refractivity contribution is 6.04. The number of halogens is 1. The molecule has 37 heavy (non-hydrogen) atoms. The highest BCUT2D eigenvalue weighted by Crippen LogP contribution is 2.31. The van der Waals surface area contributed by atoms with Gasteiger partial charge in [-0.2, -0.15) is 4.98 Å². The largest absolute Gasteiger partial charge is 0.378 e. The molecule has 0 radical (unpaired) electrons. The van der Waals surface area contributed by atoms with E-state index in [0.717, 1.165) is 0 Å². The lowest BCUT2D eigenvalue weighted by Crippen LogP contribution is -2.55. The quantitative estimate of drug-likeness (QED) is 0.453. The highest BCUT2D eigenvalue weighted by Gasteiger charge is 2.38. The molecule has 0 saturated carbocycles. The van der Waals surface area contributed by atoms with Crippen LogP contribution in [0.4, 0.5) is 14.9 Å². The van der Waals surface area contributed by atoms with E-state index < -0.39 is 11.7 Å². The number of hydrogen-bond acceptors (Lipinski definition) is 7. The topological polar surface area (TPSA) is 118 Å². The van der Waals surface area contributed by atoms with Gasteiger partial charge in [-0.1, -0.05) is 11.2 Å². The van der Waals surface area contributed by atoms with E-state index in [1.54, 1.807) is 45.5 Å². The number of anilines is 1. The summed E-state index contributed by atoms with van der Waals surface area (Å²) in [5.41, 5.74) is 1.90. The average molecular weight is 506 g/mol. The van der Waals surface area contributed by atoms with E-state index in [9.17, 15) is 14.0 Å². The number of ether oxygens (including phenoxy) is 1. The zero-order valence-electron chi connectivity index (χ0n) is 20.1. The van der Waals surface area contributed by atoms with Gasteiger partial charge in [0.1, 0.15) is 17.2 Å². The van der Waals surface area contributed by atoms with Gasteiger partial charge in [-0.05, 0) is 31.2 Å². The van der Waals surface area contributed by atoms with E-state index in [1.165, 1.54) is 12.3 Å². The first-order valence-electron chi connectivity index (χ1n) is 12.0. The number of carbonyl (C=O) groups excluding carboxylic acids is 2. The summed E-state index contributed by atoms with van der Waals surface area (Å²) < 4.78 is 27.2. The van der Waals surface area contributed by atoms with E-state index >= 15 is 0 Å². The summed E-state index contributed by atoms with van der Waals surface area (Å²) in [7, 11) is 0.